The van der Waals surface area contributed by atoms with Crippen LogP contribution in [0.15, 0.2) is 71.9 Å². The molecule has 12 heteroatoms. The number of carbonyl (C=O) groups excluding carboxylic acids is 1. The molecule has 0 saturated heterocycles. The molecular weight excluding hydrogens is 458 g/mol. The molecule has 0 aliphatic heterocycles. The summed E-state index contributed by atoms with van der Waals surface area (Å²) in [5, 5.41) is 7.34. The van der Waals surface area contributed by atoms with E-state index in [2.05, 4.69) is 25.1 Å². The fourth-order valence-corrected chi connectivity index (χ4v) is 4.25. The highest BCUT2D eigenvalue weighted by Crippen LogP contribution is 2.25. The summed E-state index contributed by atoms with van der Waals surface area (Å²) in [5.41, 5.74) is 6.32. The van der Waals surface area contributed by atoms with Crippen molar-refractivity contribution >= 4 is 33.1 Å². The second kappa shape index (κ2) is 9.19. The van der Waals surface area contributed by atoms with Crippen LogP contribution in [-0.4, -0.2) is 41.2 Å². The number of rotatable bonds is 8. The van der Waals surface area contributed by atoms with E-state index < -0.39 is 15.9 Å². The van der Waals surface area contributed by atoms with Crippen molar-refractivity contribution in [2.24, 2.45) is 5.73 Å². The van der Waals surface area contributed by atoms with E-state index >= 15 is 0 Å². The molecule has 0 fully saturated rings. The van der Waals surface area contributed by atoms with Gasteiger partial charge < -0.3 is 15.8 Å². The molecule has 0 unspecified atom stereocenters. The van der Waals surface area contributed by atoms with Gasteiger partial charge >= 0.3 is 0 Å². The van der Waals surface area contributed by atoms with Crippen LogP contribution in [0.1, 0.15) is 16.2 Å². The van der Waals surface area contributed by atoms with Crippen molar-refractivity contribution in [1.29, 1.82) is 0 Å². The van der Waals surface area contributed by atoms with Crippen molar-refractivity contribution in [3.05, 3.63) is 78.4 Å². The lowest BCUT2D eigenvalue weighted by Gasteiger charge is -2.12. The maximum absolute atomic E-state index is 12.8. The topological polar surface area (TPSA) is 154 Å². The molecule has 174 valence electrons. The first-order valence-corrected chi connectivity index (χ1v) is 11.5. The Kier molecular flexibility index (Phi) is 6.15. The number of aromatic nitrogens is 4. The third-order valence-corrected chi connectivity index (χ3v) is 6.10. The van der Waals surface area contributed by atoms with E-state index in [-0.39, 0.29) is 16.2 Å². The van der Waals surface area contributed by atoms with Crippen LogP contribution in [0.25, 0.3) is 5.82 Å². The van der Waals surface area contributed by atoms with E-state index in [1.54, 1.807) is 60.4 Å². The monoisotopic (exact) mass is 479 g/mol. The van der Waals surface area contributed by atoms with Crippen LogP contribution >= 0.6 is 0 Å². The molecule has 2 aromatic carbocycles. The van der Waals surface area contributed by atoms with Gasteiger partial charge in [-0.2, -0.15) is 5.10 Å². The maximum atomic E-state index is 12.8. The summed E-state index contributed by atoms with van der Waals surface area (Å²) in [6.45, 7) is 1.78. The molecule has 4 rings (SSSR count). The second-order valence-corrected chi connectivity index (χ2v) is 8.83. The van der Waals surface area contributed by atoms with Crippen molar-refractivity contribution in [1.82, 2.24) is 19.7 Å². The van der Waals surface area contributed by atoms with Crippen molar-refractivity contribution in [3.8, 4) is 11.6 Å². The Morgan fingerprint density at radius 1 is 1.06 bits per heavy atom. The average Bonchev–Trinajstić information content (AvgIpc) is 3.34. The predicted molar refractivity (Wildman–Crippen MR) is 126 cm³/mol. The minimum Gasteiger partial charge on any atom is -0.496 e. The van der Waals surface area contributed by atoms with Crippen LogP contribution in [0.4, 0.5) is 17.2 Å². The third kappa shape index (κ3) is 4.96. The van der Waals surface area contributed by atoms with E-state index in [0.29, 0.717) is 28.8 Å². The zero-order chi connectivity index (χ0) is 24.3. The maximum Gasteiger partial charge on any atom is 0.261 e. The van der Waals surface area contributed by atoms with Gasteiger partial charge in [-0.05, 0) is 55.5 Å². The quantitative estimate of drug-likeness (QED) is 0.348. The highest BCUT2D eigenvalue weighted by Gasteiger charge is 2.19. The minimum atomic E-state index is -3.97. The summed E-state index contributed by atoms with van der Waals surface area (Å²) in [4.78, 5) is 20.2. The van der Waals surface area contributed by atoms with E-state index in [9.17, 15) is 13.2 Å². The molecule has 2 aromatic heterocycles. The van der Waals surface area contributed by atoms with Gasteiger partial charge in [0.15, 0.2) is 5.82 Å². The van der Waals surface area contributed by atoms with Crippen molar-refractivity contribution in [3.63, 3.8) is 0 Å². The lowest BCUT2D eigenvalue weighted by Crippen LogP contribution is -2.16. The molecule has 0 spiro atoms. The molecule has 0 aliphatic rings. The highest BCUT2D eigenvalue weighted by molar-refractivity contribution is 7.92. The number of sulfonamides is 1. The number of primary amides is 1. The lowest BCUT2D eigenvalue weighted by molar-refractivity contribution is 0.0997. The average molecular weight is 480 g/mol. The van der Waals surface area contributed by atoms with Crippen LogP contribution < -0.4 is 20.5 Å². The summed E-state index contributed by atoms with van der Waals surface area (Å²) in [7, 11) is -2.60. The number of hydrogen-bond donors (Lipinski definition) is 3. The zero-order valence-electron chi connectivity index (χ0n) is 18.3. The van der Waals surface area contributed by atoms with Crippen LogP contribution in [-0.2, 0) is 10.0 Å². The molecule has 11 nitrogen and oxygen atoms in total. The summed E-state index contributed by atoms with van der Waals surface area (Å²) < 4.78 is 34.7. The van der Waals surface area contributed by atoms with Crippen LogP contribution in [0.5, 0.6) is 5.75 Å². The Morgan fingerprint density at radius 3 is 2.44 bits per heavy atom. The first-order chi connectivity index (χ1) is 16.2. The number of benzene rings is 2. The van der Waals surface area contributed by atoms with Gasteiger partial charge in [-0.1, -0.05) is 0 Å². The molecule has 0 atom stereocenters. The summed E-state index contributed by atoms with van der Waals surface area (Å²) in [5.74, 6) is 1.13. The van der Waals surface area contributed by atoms with Gasteiger partial charge in [-0.15, -0.1) is 0 Å². The number of nitrogens with one attached hydrogen (secondary N) is 2. The number of amides is 1. The number of nitrogens with zero attached hydrogens (tertiary/aromatic N) is 4. The number of nitrogens with two attached hydrogens (primary N) is 1. The Balaban J connectivity index is 1.51. The largest absolute Gasteiger partial charge is 0.496 e. The molecule has 34 heavy (non-hydrogen) atoms. The Morgan fingerprint density at radius 2 is 1.79 bits per heavy atom. The molecule has 4 N–H and O–H groups in total. The molecule has 0 aliphatic carbocycles. The van der Waals surface area contributed by atoms with Crippen molar-refractivity contribution in [2.75, 3.05) is 17.1 Å². The first kappa shape index (κ1) is 22.7. The number of carbonyl (C=O) groups is 1. The standard InChI is InChI=1S/C22H21N7O4S/c1-14-25-20(13-21(26-14)29-11-3-10-24-29)27-15-4-6-16(7-5-15)28-34(31,32)17-8-9-19(33-2)18(12-17)22(23)30/h3-13,28H,1-2H3,(H2,23,30)(H,25,26,27). The van der Waals surface area contributed by atoms with Crippen LogP contribution in [0.2, 0.25) is 0 Å². The fraction of sp³-hybridized carbons (Fsp3) is 0.0909. The van der Waals surface area contributed by atoms with Gasteiger partial charge in [-0.25, -0.2) is 23.1 Å². The molecule has 2 heterocycles. The zero-order valence-corrected chi connectivity index (χ0v) is 19.1. The molecule has 0 radical (unpaired) electrons. The van der Waals surface area contributed by atoms with E-state index in [1.165, 1.54) is 25.3 Å². The van der Waals surface area contributed by atoms with Gasteiger partial charge in [0.05, 0.1) is 17.6 Å². The van der Waals surface area contributed by atoms with Gasteiger partial charge in [0.2, 0.25) is 0 Å². The number of hydrogen-bond acceptors (Lipinski definition) is 8. The van der Waals surface area contributed by atoms with E-state index in [0.717, 1.165) is 0 Å². The molecule has 4 aromatic rings. The second-order valence-electron chi connectivity index (χ2n) is 7.14. The van der Waals surface area contributed by atoms with Gasteiger partial charge in [-0.3, -0.25) is 9.52 Å². The summed E-state index contributed by atoms with van der Waals surface area (Å²) in [6.07, 6.45) is 3.44. The minimum absolute atomic E-state index is 0.0282. The fourth-order valence-electron chi connectivity index (χ4n) is 3.17. The van der Waals surface area contributed by atoms with Crippen LogP contribution in [0, 0.1) is 6.92 Å². The van der Waals surface area contributed by atoms with Crippen molar-refractivity contribution in [2.45, 2.75) is 11.8 Å². The van der Waals surface area contributed by atoms with Gasteiger partial charge in [0.25, 0.3) is 15.9 Å². The van der Waals surface area contributed by atoms with E-state index in [1.807, 2.05) is 0 Å². The Labute approximate surface area is 195 Å². The Bertz CT molecular complexity index is 1440. The Hall–Kier alpha value is -4.45. The molecule has 0 saturated carbocycles. The molecular formula is C22H21N7O4S. The summed E-state index contributed by atoms with van der Waals surface area (Å²) in [6, 6.07) is 14.0. The van der Waals surface area contributed by atoms with Gasteiger partial charge in [0.1, 0.15) is 17.4 Å². The predicted octanol–water partition coefficient (Wildman–Crippen LogP) is 2.62. The highest BCUT2D eigenvalue weighted by atomic mass is 32.2. The number of methoxy groups -OCH3 is 1. The first-order valence-electron chi connectivity index (χ1n) is 9.98. The van der Waals surface area contributed by atoms with Gasteiger partial charge in [0, 0.05) is 29.8 Å². The SMILES string of the molecule is COc1ccc(S(=O)(=O)Nc2ccc(Nc3cc(-n4cccn4)nc(C)n3)cc2)cc1C(N)=O. The van der Waals surface area contributed by atoms with Crippen LogP contribution in [0.3, 0.4) is 0 Å². The number of ether oxygens (including phenoxy) is 1. The normalized spacial score (nSPS) is 11.1. The van der Waals surface area contributed by atoms with Crippen molar-refractivity contribution < 1.29 is 17.9 Å². The lowest BCUT2D eigenvalue weighted by atomic mass is 10.2. The number of aryl methyl sites for hydroxylation is 1. The molecule has 0 bridgehead atoms. The summed E-state index contributed by atoms with van der Waals surface area (Å²) >= 11 is 0. The van der Waals surface area contributed by atoms with E-state index in [4.69, 9.17) is 10.5 Å². The smallest absolute Gasteiger partial charge is 0.261 e. The molecule has 1 amide bonds. The third-order valence-electron chi connectivity index (χ3n) is 4.72. The number of anilines is 3.